The van der Waals surface area contributed by atoms with Crippen LogP contribution in [0.3, 0.4) is 0 Å². The van der Waals surface area contributed by atoms with Crippen molar-refractivity contribution in [3.8, 4) is 17.2 Å². The molecule has 0 aliphatic heterocycles. The van der Waals surface area contributed by atoms with Crippen molar-refractivity contribution in [2.24, 2.45) is 0 Å². The molecule has 0 unspecified atom stereocenters. The number of benzene rings is 3. The summed E-state index contributed by atoms with van der Waals surface area (Å²) in [5.74, 6) is -0.763. The summed E-state index contributed by atoms with van der Waals surface area (Å²) in [7, 11) is 0. The zero-order chi connectivity index (χ0) is 23.4. The fourth-order valence-electron chi connectivity index (χ4n) is 3.14. The van der Waals surface area contributed by atoms with Gasteiger partial charge in [0.2, 0.25) is 0 Å². The molecule has 0 aliphatic rings. The molecule has 1 amide bonds. The summed E-state index contributed by atoms with van der Waals surface area (Å²) >= 11 is 6.79. The van der Waals surface area contributed by atoms with E-state index in [2.05, 4.69) is 37.2 Å². The standard InChI is InChI=1S/C24H21Br2NO5/c1-13-4-3-5-16(14(13)2)12-27-24(31)18-11-17(6-7-21(18)28)32-23-19(25)8-15(9-20(23)26)10-22(29)30/h3-9,11,28H,10,12H2,1-2H3,(H,27,31)(H,29,30). The van der Waals surface area contributed by atoms with E-state index in [1.165, 1.54) is 12.1 Å². The zero-order valence-electron chi connectivity index (χ0n) is 17.4. The van der Waals surface area contributed by atoms with Gasteiger partial charge < -0.3 is 20.3 Å². The van der Waals surface area contributed by atoms with Gasteiger partial charge in [-0.05, 0) is 98.3 Å². The molecule has 166 valence electrons. The number of carboxylic acids is 1. The highest BCUT2D eigenvalue weighted by Crippen LogP contribution is 2.38. The molecule has 6 nitrogen and oxygen atoms in total. The van der Waals surface area contributed by atoms with E-state index in [0.717, 1.165) is 16.7 Å². The number of carbonyl (C=O) groups is 2. The lowest BCUT2D eigenvalue weighted by atomic mass is 10.0. The van der Waals surface area contributed by atoms with Crippen LogP contribution in [-0.2, 0) is 17.8 Å². The van der Waals surface area contributed by atoms with E-state index in [-0.39, 0.29) is 17.7 Å². The Morgan fingerprint density at radius 1 is 1.03 bits per heavy atom. The summed E-state index contributed by atoms with van der Waals surface area (Å²) in [5.41, 5.74) is 3.93. The van der Waals surface area contributed by atoms with Crippen molar-refractivity contribution >= 4 is 43.7 Å². The van der Waals surface area contributed by atoms with Gasteiger partial charge in [0.15, 0.2) is 5.75 Å². The Morgan fingerprint density at radius 3 is 2.38 bits per heavy atom. The number of phenols is 1. The number of carboxylic acid groups (broad SMARTS) is 1. The van der Waals surface area contributed by atoms with Gasteiger partial charge in [-0.2, -0.15) is 0 Å². The number of ether oxygens (including phenoxy) is 1. The second kappa shape index (κ2) is 10.2. The molecular formula is C24H21Br2NO5. The molecule has 0 bridgehead atoms. The maximum atomic E-state index is 12.7. The first kappa shape index (κ1) is 23.8. The molecule has 3 N–H and O–H groups in total. The molecule has 0 heterocycles. The molecule has 8 heteroatoms. The van der Waals surface area contributed by atoms with Gasteiger partial charge in [0.05, 0.1) is 20.9 Å². The number of aromatic hydroxyl groups is 1. The minimum absolute atomic E-state index is 0.0857. The number of hydrogen-bond donors (Lipinski definition) is 3. The Hall–Kier alpha value is -2.84. The first-order chi connectivity index (χ1) is 15.2. The van der Waals surface area contributed by atoms with Gasteiger partial charge in [0.1, 0.15) is 11.5 Å². The second-order valence-electron chi connectivity index (χ2n) is 7.28. The number of nitrogens with one attached hydrogen (secondary N) is 1. The number of hydrogen-bond acceptors (Lipinski definition) is 4. The lowest BCUT2D eigenvalue weighted by Gasteiger charge is -2.14. The topological polar surface area (TPSA) is 95.9 Å². The van der Waals surface area contributed by atoms with Crippen molar-refractivity contribution in [2.45, 2.75) is 26.8 Å². The van der Waals surface area contributed by atoms with E-state index in [9.17, 15) is 14.7 Å². The number of aryl methyl sites for hydroxylation is 1. The fraction of sp³-hybridized carbons (Fsp3) is 0.167. The van der Waals surface area contributed by atoms with E-state index < -0.39 is 11.9 Å². The number of halogens is 2. The highest BCUT2D eigenvalue weighted by atomic mass is 79.9. The fourth-order valence-corrected chi connectivity index (χ4v) is 4.58. The van der Waals surface area contributed by atoms with Crippen LogP contribution < -0.4 is 10.1 Å². The van der Waals surface area contributed by atoms with Crippen molar-refractivity contribution in [1.29, 1.82) is 0 Å². The summed E-state index contributed by atoms with van der Waals surface area (Å²) < 4.78 is 7.02. The number of amides is 1. The van der Waals surface area contributed by atoms with Crippen LogP contribution in [0.1, 0.15) is 32.6 Å². The molecule has 0 atom stereocenters. The molecule has 0 spiro atoms. The summed E-state index contributed by atoms with van der Waals surface area (Å²) in [6, 6.07) is 13.6. The molecule has 0 aliphatic carbocycles. The Balaban J connectivity index is 1.79. The number of carbonyl (C=O) groups excluding carboxylic acids is 1. The molecular weight excluding hydrogens is 542 g/mol. The summed E-state index contributed by atoms with van der Waals surface area (Å²) in [6.07, 6.45) is -0.124. The maximum absolute atomic E-state index is 12.7. The third-order valence-electron chi connectivity index (χ3n) is 5.00. The first-order valence-electron chi connectivity index (χ1n) is 9.69. The minimum Gasteiger partial charge on any atom is -0.507 e. The van der Waals surface area contributed by atoms with Gasteiger partial charge in [0, 0.05) is 6.54 Å². The Morgan fingerprint density at radius 2 is 1.72 bits per heavy atom. The summed E-state index contributed by atoms with van der Waals surface area (Å²) in [4.78, 5) is 23.7. The van der Waals surface area contributed by atoms with Crippen LogP contribution in [0.15, 0.2) is 57.5 Å². The molecule has 3 aromatic rings. The molecule has 3 rings (SSSR count). The van der Waals surface area contributed by atoms with Crippen LogP contribution in [-0.4, -0.2) is 22.1 Å². The van der Waals surface area contributed by atoms with Gasteiger partial charge in [-0.25, -0.2) is 0 Å². The number of aliphatic carboxylic acids is 1. The van der Waals surface area contributed by atoms with Crippen molar-refractivity contribution in [3.63, 3.8) is 0 Å². The van der Waals surface area contributed by atoms with Crippen LogP contribution in [0.4, 0.5) is 0 Å². The third-order valence-corrected chi connectivity index (χ3v) is 6.18. The lowest BCUT2D eigenvalue weighted by Crippen LogP contribution is -2.23. The van der Waals surface area contributed by atoms with Gasteiger partial charge in [-0.3, -0.25) is 9.59 Å². The van der Waals surface area contributed by atoms with Crippen LogP contribution in [0.5, 0.6) is 17.2 Å². The molecule has 0 saturated heterocycles. The van der Waals surface area contributed by atoms with Crippen molar-refractivity contribution < 1.29 is 24.5 Å². The van der Waals surface area contributed by atoms with Crippen LogP contribution in [0, 0.1) is 13.8 Å². The predicted molar refractivity (Wildman–Crippen MR) is 128 cm³/mol. The van der Waals surface area contributed by atoms with Gasteiger partial charge in [-0.15, -0.1) is 0 Å². The van der Waals surface area contributed by atoms with Crippen LogP contribution in [0.25, 0.3) is 0 Å². The maximum Gasteiger partial charge on any atom is 0.307 e. The quantitative estimate of drug-likeness (QED) is 0.334. The van der Waals surface area contributed by atoms with Crippen molar-refractivity contribution in [3.05, 3.63) is 85.3 Å². The summed E-state index contributed by atoms with van der Waals surface area (Å²) in [6.45, 7) is 4.34. The van der Waals surface area contributed by atoms with E-state index >= 15 is 0 Å². The molecule has 32 heavy (non-hydrogen) atoms. The van der Waals surface area contributed by atoms with Crippen molar-refractivity contribution in [1.82, 2.24) is 5.32 Å². The Bertz CT molecular complexity index is 1170. The average molecular weight is 563 g/mol. The molecule has 0 radical (unpaired) electrons. The SMILES string of the molecule is Cc1cccc(CNC(=O)c2cc(Oc3c(Br)cc(CC(=O)O)cc3Br)ccc2O)c1C. The predicted octanol–water partition coefficient (Wildman–Crippen LogP) is 5.88. The molecule has 0 saturated carbocycles. The van der Waals surface area contributed by atoms with Crippen molar-refractivity contribution in [2.75, 3.05) is 0 Å². The molecule has 0 aromatic heterocycles. The zero-order valence-corrected chi connectivity index (χ0v) is 20.6. The van der Waals surface area contributed by atoms with E-state index in [1.807, 2.05) is 32.0 Å². The normalized spacial score (nSPS) is 10.6. The van der Waals surface area contributed by atoms with Gasteiger partial charge >= 0.3 is 5.97 Å². The second-order valence-corrected chi connectivity index (χ2v) is 8.99. The van der Waals surface area contributed by atoms with E-state index in [0.29, 0.717) is 32.6 Å². The minimum atomic E-state index is -0.937. The third kappa shape index (κ3) is 5.69. The largest absolute Gasteiger partial charge is 0.507 e. The number of phenolic OH excluding ortho intramolecular Hbond substituents is 1. The van der Waals surface area contributed by atoms with Gasteiger partial charge in [0.25, 0.3) is 5.91 Å². The lowest BCUT2D eigenvalue weighted by molar-refractivity contribution is -0.136. The summed E-state index contributed by atoms with van der Waals surface area (Å²) in [5, 5.41) is 22.0. The van der Waals surface area contributed by atoms with Gasteiger partial charge in [-0.1, -0.05) is 18.2 Å². The number of rotatable bonds is 7. The van der Waals surface area contributed by atoms with E-state index in [4.69, 9.17) is 9.84 Å². The highest BCUT2D eigenvalue weighted by molar-refractivity contribution is 9.11. The molecule has 3 aromatic carbocycles. The van der Waals surface area contributed by atoms with E-state index in [1.54, 1.807) is 18.2 Å². The smallest absolute Gasteiger partial charge is 0.307 e. The molecule has 0 fully saturated rings. The highest BCUT2D eigenvalue weighted by Gasteiger charge is 2.16. The van der Waals surface area contributed by atoms with Crippen LogP contribution >= 0.6 is 31.9 Å². The Kier molecular flexibility index (Phi) is 7.58. The average Bonchev–Trinajstić information content (AvgIpc) is 2.72. The monoisotopic (exact) mass is 561 g/mol. The Labute approximate surface area is 202 Å². The first-order valence-corrected chi connectivity index (χ1v) is 11.3. The van der Waals surface area contributed by atoms with Crippen LogP contribution in [0.2, 0.25) is 0 Å².